The highest BCUT2D eigenvalue weighted by Gasteiger charge is 2.34. The molecule has 1 aromatic carbocycles. The van der Waals surface area contributed by atoms with E-state index in [1.807, 2.05) is 24.3 Å². The zero-order chi connectivity index (χ0) is 13.3. The van der Waals surface area contributed by atoms with Crippen molar-refractivity contribution in [2.24, 2.45) is 11.1 Å². The minimum absolute atomic E-state index is 0.140. The number of nitrogens with two attached hydrogens (primary N) is 1. The van der Waals surface area contributed by atoms with Gasteiger partial charge in [0, 0.05) is 12.5 Å². The Bertz CT molecular complexity index is 522. The Kier molecular flexibility index (Phi) is 3.31. The first-order chi connectivity index (χ1) is 9.17. The van der Waals surface area contributed by atoms with E-state index in [0.29, 0.717) is 0 Å². The molecule has 0 bridgehead atoms. The molecule has 19 heavy (non-hydrogen) atoms. The topological polar surface area (TPSA) is 52.0 Å². The molecule has 1 unspecified atom stereocenters. The third-order valence-electron chi connectivity index (χ3n) is 4.62. The van der Waals surface area contributed by atoms with Crippen LogP contribution in [0, 0.1) is 5.41 Å². The second kappa shape index (κ2) is 4.97. The molecule has 1 heterocycles. The van der Waals surface area contributed by atoms with Gasteiger partial charge < -0.3 is 10.2 Å². The summed E-state index contributed by atoms with van der Waals surface area (Å²) >= 11 is 0. The Morgan fingerprint density at radius 2 is 2.00 bits per heavy atom. The smallest absolute Gasteiger partial charge is 0.197 e. The van der Waals surface area contributed by atoms with E-state index < -0.39 is 0 Å². The van der Waals surface area contributed by atoms with E-state index in [0.717, 1.165) is 23.4 Å². The van der Waals surface area contributed by atoms with Crippen LogP contribution in [0.2, 0.25) is 0 Å². The van der Waals surface area contributed by atoms with E-state index >= 15 is 0 Å². The number of para-hydroxylation sites is 2. The highest BCUT2D eigenvalue weighted by molar-refractivity contribution is 5.72. The molecule has 2 aromatic rings. The molecular weight excluding hydrogens is 236 g/mol. The normalized spacial score (nSPS) is 20.5. The van der Waals surface area contributed by atoms with Gasteiger partial charge in [0.2, 0.25) is 0 Å². The number of fused-ring (bicyclic) bond motifs is 1. The molecule has 102 valence electrons. The third-order valence-corrected chi connectivity index (χ3v) is 4.62. The van der Waals surface area contributed by atoms with Crippen LogP contribution in [-0.2, 0) is 6.42 Å². The molecule has 1 aromatic heterocycles. The lowest BCUT2D eigenvalue weighted by Crippen LogP contribution is -2.42. The molecule has 1 fully saturated rings. The zero-order valence-corrected chi connectivity index (χ0v) is 11.6. The van der Waals surface area contributed by atoms with Crippen molar-refractivity contribution >= 4 is 11.1 Å². The van der Waals surface area contributed by atoms with Gasteiger partial charge in [-0.3, -0.25) is 0 Å². The van der Waals surface area contributed by atoms with Crippen molar-refractivity contribution in [3.63, 3.8) is 0 Å². The van der Waals surface area contributed by atoms with Gasteiger partial charge in [-0.05, 0) is 30.4 Å². The molecule has 0 saturated heterocycles. The molecule has 3 heteroatoms. The Morgan fingerprint density at radius 1 is 1.26 bits per heavy atom. The highest BCUT2D eigenvalue weighted by Crippen LogP contribution is 2.39. The summed E-state index contributed by atoms with van der Waals surface area (Å²) in [7, 11) is 0. The Hall–Kier alpha value is -1.35. The van der Waals surface area contributed by atoms with Crippen LogP contribution in [0.15, 0.2) is 28.7 Å². The lowest BCUT2D eigenvalue weighted by atomic mass is 9.70. The maximum atomic E-state index is 6.44. The van der Waals surface area contributed by atoms with Crippen LogP contribution >= 0.6 is 0 Å². The van der Waals surface area contributed by atoms with E-state index in [4.69, 9.17) is 10.2 Å². The minimum atomic E-state index is 0.140. The van der Waals surface area contributed by atoms with E-state index in [1.165, 1.54) is 32.1 Å². The summed E-state index contributed by atoms with van der Waals surface area (Å²) in [5.41, 5.74) is 8.47. The van der Waals surface area contributed by atoms with Crippen LogP contribution in [0.25, 0.3) is 11.1 Å². The lowest BCUT2D eigenvalue weighted by Gasteiger charge is -2.38. The average Bonchev–Trinajstić information content (AvgIpc) is 2.81. The van der Waals surface area contributed by atoms with Crippen molar-refractivity contribution in [2.45, 2.75) is 51.5 Å². The standard InChI is InChI=1S/C16H22N2O/c1-16(9-5-2-6-10-16)14(17)11-15-18-12-7-3-4-8-13(12)19-15/h3-4,7-8,14H,2,5-6,9-11,17H2,1H3. The average molecular weight is 258 g/mol. The van der Waals surface area contributed by atoms with Crippen molar-refractivity contribution in [1.82, 2.24) is 4.98 Å². The number of rotatable bonds is 3. The van der Waals surface area contributed by atoms with Gasteiger partial charge in [0.25, 0.3) is 0 Å². The van der Waals surface area contributed by atoms with Crippen molar-refractivity contribution in [2.75, 3.05) is 0 Å². The third kappa shape index (κ3) is 2.52. The number of hydrogen-bond acceptors (Lipinski definition) is 3. The first-order valence-electron chi connectivity index (χ1n) is 7.27. The highest BCUT2D eigenvalue weighted by atomic mass is 16.3. The fraction of sp³-hybridized carbons (Fsp3) is 0.562. The quantitative estimate of drug-likeness (QED) is 0.914. The second-order valence-corrected chi connectivity index (χ2v) is 6.10. The molecule has 0 amide bonds. The molecule has 0 radical (unpaired) electrons. The van der Waals surface area contributed by atoms with Crippen molar-refractivity contribution < 1.29 is 4.42 Å². The number of benzene rings is 1. The van der Waals surface area contributed by atoms with Gasteiger partial charge >= 0.3 is 0 Å². The summed E-state index contributed by atoms with van der Waals surface area (Å²) in [6.45, 7) is 2.32. The molecule has 1 aliphatic carbocycles. The maximum Gasteiger partial charge on any atom is 0.197 e. The van der Waals surface area contributed by atoms with Crippen LogP contribution in [0.5, 0.6) is 0 Å². The van der Waals surface area contributed by atoms with Gasteiger partial charge in [-0.1, -0.05) is 38.3 Å². The second-order valence-electron chi connectivity index (χ2n) is 6.10. The largest absolute Gasteiger partial charge is 0.441 e. The van der Waals surface area contributed by atoms with Gasteiger partial charge in [0.05, 0.1) is 0 Å². The molecular formula is C16H22N2O. The monoisotopic (exact) mass is 258 g/mol. The van der Waals surface area contributed by atoms with E-state index in [-0.39, 0.29) is 11.5 Å². The van der Waals surface area contributed by atoms with Crippen LogP contribution in [0.4, 0.5) is 0 Å². The van der Waals surface area contributed by atoms with Crippen molar-refractivity contribution in [1.29, 1.82) is 0 Å². The molecule has 3 rings (SSSR count). The molecule has 1 aliphatic rings. The predicted molar refractivity (Wildman–Crippen MR) is 76.9 cm³/mol. The Labute approximate surface area is 114 Å². The molecule has 0 aliphatic heterocycles. The predicted octanol–water partition coefficient (Wildman–Crippen LogP) is 3.67. The fourth-order valence-corrected chi connectivity index (χ4v) is 3.17. The summed E-state index contributed by atoms with van der Waals surface area (Å²) < 4.78 is 5.78. The molecule has 0 spiro atoms. The zero-order valence-electron chi connectivity index (χ0n) is 11.6. The van der Waals surface area contributed by atoms with Crippen LogP contribution < -0.4 is 5.73 Å². The number of nitrogens with zero attached hydrogens (tertiary/aromatic N) is 1. The van der Waals surface area contributed by atoms with Crippen molar-refractivity contribution in [3.8, 4) is 0 Å². The summed E-state index contributed by atoms with van der Waals surface area (Å²) in [5, 5.41) is 0. The lowest BCUT2D eigenvalue weighted by molar-refractivity contribution is 0.164. The summed E-state index contributed by atoms with van der Waals surface area (Å²) in [5.74, 6) is 0.778. The van der Waals surface area contributed by atoms with Gasteiger partial charge in [-0.25, -0.2) is 4.98 Å². The van der Waals surface area contributed by atoms with E-state index in [1.54, 1.807) is 0 Å². The van der Waals surface area contributed by atoms with Gasteiger partial charge in [0.1, 0.15) is 5.52 Å². The van der Waals surface area contributed by atoms with Gasteiger partial charge in [-0.2, -0.15) is 0 Å². The minimum Gasteiger partial charge on any atom is -0.441 e. The SMILES string of the molecule is CC1(C(N)Cc2nc3ccccc3o2)CCCCC1. The van der Waals surface area contributed by atoms with Gasteiger partial charge in [-0.15, -0.1) is 0 Å². The molecule has 1 atom stereocenters. The van der Waals surface area contributed by atoms with Crippen LogP contribution in [0.1, 0.15) is 44.9 Å². The number of oxazole rings is 1. The molecule has 2 N–H and O–H groups in total. The van der Waals surface area contributed by atoms with Crippen LogP contribution in [0.3, 0.4) is 0 Å². The number of aromatic nitrogens is 1. The van der Waals surface area contributed by atoms with E-state index in [9.17, 15) is 0 Å². The van der Waals surface area contributed by atoms with Gasteiger partial charge in [0.15, 0.2) is 11.5 Å². The first kappa shape index (κ1) is 12.7. The van der Waals surface area contributed by atoms with Crippen molar-refractivity contribution in [3.05, 3.63) is 30.2 Å². The Morgan fingerprint density at radius 3 is 2.74 bits per heavy atom. The number of hydrogen-bond donors (Lipinski definition) is 1. The Balaban J connectivity index is 1.76. The van der Waals surface area contributed by atoms with Crippen LogP contribution in [-0.4, -0.2) is 11.0 Å². The molecule has 1 saturated carbocycles. The summed E-state index contributed by atoms with van der Waals surface area (Å²) in [6, 6.07) is 8.04. The summed E-state index contributed by atoms with van der Waals surface area (Å²) in [4.78, 5) is 4.53. The fourth-order valence-electron chi connectivity index (χ4n) is 3.17. The first-order valence-corrected chi connectivity index (χ1v) is 7.27. The summed E-state index contributed by atoms with van der Waals surface area (Å²) in [6.07, 6.45) is 7.16. The van der Waals surface area contributed by atoms with E-state index in [2.05, 4.69) is 11.9 Å². The molecule has 3 nitrogen and oxygen atoms in total. The maximum absolute atomic E-state index is 6.44.